The van der Waals surface area contributed by atoms with Gasteiger partial charge in [0.15, 0.2) is 5.96 Å². The minimum Gasteiger partial charge on any atom is -0.357 e. The Kier molecular flexibility index (Phi) is 11.8. The van der Waals surface area contributed by atoms with Crippen LogP contribution in [0.15, 0.2) is 35.3 Å². The van der Waals surface area contributed by atoms with Crippen molar-refractivity contribution in [3.63, 3.8) is 0 Å². The average Bonchev–Trinajstić information content (AvgIpc) is 3.25. The van der Waals surface area contributed by atoms with Crippen LogP contribution in [0.1, 0.15) is 51.0 Å². The van der Waals surface area contributed by atoms with E-state index in [-0.39, 0.29) is 35.9 Å². The molecule has 1 aliphatic carbocycles. The molecule has 7 heteroatoms. The van der Waals surface area contributed by atoms with E-state index in [9.17, 15) is 4.79 Å². The average molecular weight is 556 g/mol. The van der Waals surface area contributed by atoms with Crippen LogP contribution in [0.25, 0.3) is 0 Å². The summed E-state index contributed by atoms with van der Waals surface area (Å²) in [5, 5.41) is 6.98. The largest absolute Gasteiger partial charge is 0.357 e. The number of nitrogens with zero attached hydrogens (tertiary/aromatic N) is 3. The van der Waals surface area contributed by atoms with Gasteiger partial charge in [-0.2, -0.15) is 0 Å². The Hall–Kier alpha value is -1.35. The highest BCUT2D eigenvalue weighted by Gasteiger charge is 2.31. The number of amides is 1. The van der Waals surface area contributed by atoms with Crippen molar-refractivity contribution in [1.29, 1.82) is 0 Å². The van der Waals surface area contributed by atoms with Gasteiger partial charge in [0, 0.05) is 37.6 Å². The fourth-order valence-electron chi connectivity index (χ4n) is 4.69. The fraction of sp³-hybridized carbons (Fsp3) is 0.680. The van der Waals surface area contributed by atoms with Gasteiger partial charge in [0.2, 0.25) is 5.91 Å². The lowest BCUT2D eigenvalue weighted by atomic mass is 9.88. The molecule has 1 saturated carbocycles. The highest BCUT2D eigenvalue weighted by atomic mass is 127. The smallest absolute Gasteiger partial charge is 0.225 e. The van der Waals surface area contributed by atoms with Crippen molar-refractivity contribution in [1.82, 2.24) is 20.4 Å². The maximum atomic E-state index is 12.9. The Balaban J connectivity index is 0.00000363. The quantitative estimate of drug-likeness (QED) is 0.293. The topological polar surface area (TPSA) is 60.0 Å². The minimum atomic E-state index is 0. The predicted molar refractivity (Wildman–Crippen MR) is 144 cm³/mol. The number of hydrogen-bond donors (Lipinski definition) is 2. The standard InChI is InChI=1S/C25H41N5O.HI/c1-4-26-25(27-18-23(29(2)3)17-20-11-7-5-8-12-20)28-22-15-16-30(19-22)24(31)21-13-9-6-10-14-21;/h5,7-8,11-12,21-23H,4,6,9-10,13-19H2,1-3H3,(H2,26,27,28);1H. The number of guanidine groups is 1. The van der Waals surface area contributed by atoms with Gasteiger partial charge in [0.05, 0.1) is 6.54 Å². The second-order valence-electron chi connectivity index (χ2n) is 9.28. The molecule has 1 heterocycles. The Morgan fingerprint density at radius 3 is 2.53 bits per heavy atom. The number of rotatable bonds is 8. The normalized spacial score (nSPS) is 20.7. The zero-order chi connectivity index (χ0) is 22.1. The van der Waals surface area contributed by atoms with Gasteiger partial charge in [-0.1, -0.05) is 49.6 Å². The van der Waals surface area contributed by atoms with E-state index in [1.807, 2.05) is 0 Å². The van der Waals surface area contributed by atoms with E-state index in [2.05, 4.69) is 71.8 Å². The van der Waals surface area contributed by atoms with Crippen molar-refractivity contribution in [2.24, 2.45) is 10.9 Å². The molecule has 2 aliphatic rings. The van der Waals surface area contributed by atoms with Crippen LogP contribution in [0.4, 0.5) is 0 Å². The van der Waals surface area contributed by atoms with Gasteiger partial charge >= 0.3 is 0 Å². The lowest BCUT2D eigenvalue weighted by Crippen LogP contribution is -2.46. The summed E-state index contributed by atoms with van der Waals surface area (Å²) in [6.45, 7) is 5.31. The molecular weight excluding hydrogens is 513 g/mol. The van der Waals surface area contributed by atoms with Crippen LogP contribution in [0.2, 0.25) is 0 Å². The Morgan fingerprint density at radius 2 is 1.88 bits per heavy atom. The SMILES string of the molecule is CCNC(=NCC(Cc1ccccc1)N(C)C)NC1CCN(C(=O)C2CCCCC2)C1.I. The lowest BCUT2D eigenvalue weighted by molar-refractivity contribution is -0.135. The van der Waals surface area contributed by atoms with Gasteiger partial charge < -0.3 is 20.4 Å². The van der Waals surface area contributed by atoms with Gasteiger partial charge in [-0.3, -0.25) is 9.79 Å². The maximum Gasteiger partial charge on any atom is 0.225 e. The number of aliphatic imine (C=N–C) groups is 1. The molecule has 2 atom stereocenters. The highest BCUT2D eigenvalue weighted by Crippen LogP contribution is 2.26. The summed E-state index contributed by atoms with van der Waals surface area (Å²) in [5.41, 5.74) is 1.34. The molecule has 1 saturated heterocycles. The van der Waals surface area contributed by atoms with Crippen LogP contribution in [0, 0.1) is 5.92 Å². The molecule has 1 aromatic carbocycles. The molecule has 0 aromatic heterocycles. The third-order valence-corrected chi connectivity index (χ3v) is 6.64. The summed E-state index contributed by atoms with van der Waals surface area (Å²) in [4.78, 5) is 22.1. The number of benzene rings is 1. The van der Waals surface area contributed by atoms with Gasteiger partial charge in [-0.05, 0) is 52.3 Å². The summed E-state index contributed by atoms with van der Waals surface area (Å²) in [7, 11) is 4.24. The first-order valence-corrected chi connectivity index (χ1v) is 12.1. The van der Waals surface area contributed by atoms with Crippen LogP contribution in [-0.2, 0) is 11.2 Å². The number of nitrogens with one attached hydrogen (secondary N) is 2. The van der Waals surface area contributed by atoms with E-state index in [0.29, 0.717) is 11.9 Å². The molecule has 32 heavy (non-hydrogen) atoms. The zero-order valence-electron chi connectivity index (χ0n) is 20.1. The second kappa shape index (κ2) is 14.0. The van der Waals surface area contributed by atoms with Crippen LogP contribution in [0.3, 0.4) is 0 Å². The van der Waals surface area contributed by atoms with E-state index in [4.69, 9.17) is 4.99 Å². The van der Waals surface area contributed by atoms with Crippen LogP contribution < -0.4 is 10.6 Å². The molecule has 2 unspecified atom stereocenters. The molecule has 6 nitrogen and oxygen atoms in total. The molecule has 2 fully saturated rings. The molecule has 2 N–H and O–H groups in total. The number of carbonyl (C=O) groups excluding carboxylic acids is 1. The molecule has 1 aliphatic heterocycles. The second-order valence-corrected chi connectivity index (χ2v) is 9.28. The molecular formula is C25H42IN5O. The summed E-state index contributed by atoms with van der Waals surface area (Å²) in [6, 6.07) is 11.2. The number of carbonyl (C=O) groups is 1. The minimum absolute atomic E-state index is 0. The number of halogens is 1. The first-order valence-electron chi connectivity index (χ1n) is 12.1. The third-order valence-electron chi connectivity index (χ3n) is 6.64. The Labute approximate surface area is 211 Å². The van der Waals surface area contributed by atoms with E-state index in [1.54, 1.807) is 0 Å². The molecule has 0 bridgehead atoms. The summed E-state index contributed by atoms with van der Waals surface area (Å²) in [6.07, 6.45) is 7.82. The van der Waals surface area contributed by atoms with Crippen molar-refractivity contribution in [3.8, 4) is 0 Å². The van der Waals surface area contributed by atoms with Crippen LogP contribution >= 0.6 is 24.0 Å². The fourth-order valence-corrected chi connectivity index (χ4v) is 4.69. The van der Waals surface area contributed by atoms with Gasteiger partial charge in [-0.15, -0.1) is 24.0 Å². The summed E-state index contributed by atoms with van der Waals surface area (Å²) in [5.74, 6) is 1.49. The zero-order valence-corrected chi connectivity index (χ0v) is 22.4. The third kappa shape index (κ3) is 8.21. The highest BCUT2D eigenvalue weighted by molar-refractivity contribution is 14.0. The van der Waals surface area contributed by atoms with Crippen LogP contribution in [-0.4, -0.2) is 74.0 Å². The molecule has 3 rings (SSSR count). The first kappa shape index (κ1) is 26.9. The van der Waals surface area contributed by atoms with Gasteiger partial charge in [0.1, 0.15) is 0 Å². The molecule has 0 radical (unpaired) electrons. The number of likely N-dealkylation sites (N-methyl/N-ethyl adjacent to an activating group) is 1. The van der Waals surface area contributed by atoms with Crippen LogP contribution in [0.5, 0.6) is 0 Å². The van der Waals surface area contributed by atoms with E-state index in [0.717, 1.165) is 57.8 Å². The molecule has 180 valence electrons. The molecule has 1 amide bonds. The van der Waals surface area contributed by atoms with E-state index >= 15 is 0 Å². The monoisotopic (exact) mass is 555 g/mol. The van der Waals surface area contributed by atoms with Gasteiger partial charge in [-0.25, -0.2) is 0 Å². The van der Waals surface area contributed by atoms with E-state index in [1.165, 1.54) is 24.8 Å². The van der Waals surface area contributed by atoms with Crippen molar-refractivity contribution in [3.05, 3.63) is 35.9 Å². The lowest BCUT2D eigenvalue weighted by Gasteiger charge is -2.26. The van der Waals surface area contributed by atoms with Crippen molar-refractivity contribution >= 4 is 35.8 Å². The van der Waals surface area contributed by atoms with Crippen molar-refractivity contribution in [2.75, 3.05) is 40.3 Å². The Morgan fingerprint density at radius 1 is 1.16 bits per heavy atom. The predicted octanol–water partition coefficient (Wildman–Crippen LogP) is 3.51. The first-order chi connectivity index (χ1) is 15.1. The number of likely N-dealkylation sites (tertiary alicyclic amines) is 1. The van der Waals surface area contributed by atoms with Crippen molar-refractivity contribution < 1.29 is 4.79 Å². The van der Waals surface area contributed by atoms with Gasteiger partial charge in [0.25, 0.3) is 0 Å². The summed E-state index contributed by atoms with van der Waals surface area (Å²) >= 11 is 0. The Bertz CT molecular complexity index is 706. The van der Waals surface area contributed by atoms with E-state index < -0.39 is 0 Å². The molecule has 1 aromatic rings. The summed E-state index contributed by atoms with van der Waals surface area (Å²) < 4.78 is 0. The maximum absolute atomic E-state index is 12.9. The van der Waals surface area contributed by atoms with Crippen molar-refractivity contribution in [2.45, 2.75) is 64.0 Å². The number of hydrogen-bond acceptors (Lipinski definition) is 3. The molecule has 0 spiro atoms.